The van der Waals surface area contributed by atoms with Crippen molar-refractivity contribution in [2.45, 2.75) is 80.8 Å². The molecule has 2 amide bonds. The summed E-state index contributed by atoms with van der Waals surface area (Å²) in [6.07, 6.45) is 2.67. The van der Waals surface area contributed by atoms with Gasteiger partial charge in [0.05, 0.1) is 12.5 Å². The number of carboxylic acid groups (broad SMARTS) is 1. The molecule has 2 heterocycles. The topological polar surface area (TPSA) is 166 Å². The maximum atomic E-state index is 12.2. The predicted octanol–water partition coefficient (Wildman–Crippen LogP) is 4.46. The number of rotatable bonds is 11. The molecular weight excluding hydrogens is 626 g/mol. The van der Waals surface area contributed by atoms with Crippen molar-refractivity contribution in [3.63, 3.8) is 0 Å². The van der Waals surface area contributed by atoms with Crippen LogP contribution in [0, 0.1) is 6.92 Å². The highest BCUT2D eigenvalue weighted by Gasteiger charge is 2.27. The number of nitrogens with zero attached hydrogens (tertiary/aromatic N) is 6. The van der Waals surface area contributed by atoms with E-state index in [4.69, 9.17) is 9.84 Å². The van der Waals surface area contributed by atoms with Crippen LogP contribution in [0.2, 0.25) is 0 Å². The molecule has 1 saturated heterocycles. The Balaban J connectivity index is 0.000000455. The van der Waals surface area contributed by atoms with Gasteiger partial charge in [-0.3, -0.25) is 13.9 Å². The number of nitrogens with one attached hydrogen (secondary N) is 1. The Labute approximate surface area is 280 Å². The van der Waals surface area contributed by atoms with E-state index in [9.17, 15) is 22.8 Å². The molecule has 1 fully saturated rings. The third-order valence-corrected chi connectivity index (χ3v) is 8.34. The van der Waals surface area contributed by atoms with Gasteiger partial charge in [-0.05, 0) is 53.7 Å². The number of carbonyl (C=O) groups excluding carboxylic acids is 2. The zero-order chi connectivity index (χ0) is 35.9. The van der Waals surface area contributed by atoms with Crippen LogP contribution in [0.25, 0.3) is 0 Å². The van der Waals surface area contributed by atoms with E-state index in [0.717, 1.165) is 11.8 Å². The van der Waals surface area contributed by atoms with Crippen LogP contribution in [0.1, 0.15) is 67.4 Å². The van der Waals surface area contributed by atoms with Crippen LogP contribution in [-0.4, -0.2) is 109 Å². The normalized spacial score (nSPS) is 13.3. The molecule has 1 atom stereocenters. The van der Waals surface area contributed by atoms with Crippen molar-refractivity contribution < 1.29 is 32.6 Å². The number of anilines is 3. The summed E-state index contributed by atoms with van der Waals surface area (Å²) in [5.41, 5.74) is 1.35. The Bertz CT molecular complexity index is 1390. The number of carbonyl (C=O) groups is 3. The number of aryl methyl sites for hydroxylation is 1. The summed E-state index contributed by atoms with van der Waals surface area (Å²) >= 11 is 0. The van der Waals surface area contributed by atoms with Gasteiger partial charge in [0.1, 0.15) is 17.5 Å². The number of aliphatic carboxylic acids is 1. The van der Waals surface area contributed by atoms with Crippen molar-refractivity contribution in [2.24, 2.45) is 0 Å². The number of sulfonamides is 1. The van der Waals surface area contributed by atoms with Crippen molar-refractivity contribution in [1.82, 2.24) is 19.8 Å². The highest BCUT2D eigenvalue weighted by Crippen LogP contribution is 2.29. The van der Waals surface area contributed by atoms with Gasteiger partial charge in [0, 0.05) is 51.7 Å². The van der Waals surface area contributed by atoms with E-state index in [1.807, 2.05) is 58.6 Å². The summed E-state index contributed by atoms with van der Waals surface area (Å²) in [7, 11) is -3.59. The molecule has 0 bridgehead atoms. The molecule has 15 heteroatoms. The number of carboxylic acids is 1. The number of aromatic nitrogens is 2. The van der Waals surface area contributed by atoms with Crippen LogP contribution in [0.4, 0.5) is 22.2 Å². The zero-order valence-corrected chi connectivity index (χ0v) is 30.3. The molecule has 264 valence electrons. The van der Waals surface area contributed by atoms with Gasteiger partial charge in [-0.1, -0.05) is 38.5 Å². The van der Waals surface area contributed by atoms with Gasteiger partial charge in [0.25, 0.3) is 0 Å². The van der Waals surface area contributed by atoms with Gasteiger partial charge < -0.3 is 29.9 Å². The Hall–Kier alpha value is -4.14. The second-order valence-corrected chi connectivity index (χ2v) is 12.7. The SMILES string of the molecule is CC.CCC(=O)N1CCN(C(=O)Oc2ccc(C)cc2)CC1.CCN(CC)c1ncc(N(C(C)C)S(C)(=O)=O)c(NC(C)C(=O)O)n1. The number of hydrogen-bond donors (Lipinski definition) is 2. The minimum atomic E-state index is -3.59. The Morgan fingerprint density at radius 1 is 0.979 bits per heavy atom. The second kappa shape index (κ2) is 19.5. The van der Waals surface area contributed by atoms with E-state index < -0.39 is 22.0 Å². The van der Waals surface area contributed by atoms with Gasteiger partial charge in [0.15, 0.2) is 5.82 Å². The van der Waals surface area contributed by atoms with Crippen LogP contribution in [0.15, 0.2) is 30.5 Å². The highest BCUT2D eigenvalue weighted by atomic mass is 32.2. The van der Waals surface area contributed by atoms with Crippen LogP contribution >= 0.6 is 0 Å². The Kier molecular flexibility index (Phi) is 17.0. The molecule has 47 heavy (non-hydrogen) atoms. The van der Waals surface area contributed by atoms with Crippen molar-refractivity contribution in [1.29, 1.82) is 0 Å². The summed E-state index contributed by atoms with van der Waals surface area (Å²) in [6, 6.07) is 6.06. The smallest absolute Gasteiger partial charge is 0.415 e. The average Bonchev–Trinajstić information content (AvgIpc) is 3.03. The third kappa shape index (κ3) is 12.5. The van der Waals surface area contributed by atoms with Crippen molar-refractivity contribution in [3.05, 3.63) is 36.0 Å². The molecule has 0 aliphatic carbocycles. The van der Waals surface area contributed by atoms with Crippen molar-refractivity contribution >= 4 is 45.4 Å². The molecular formula is C32H53N7O7S. The molecule has 0 saturated carbocycles. The van der Waals surface area contributed by atoms with Crippen LogP contribution < -0.4 is 19.3 Å². The van der Waals surface area contributed by atoms with E-state index in [2.05, 4.69) is 15.3 Å². The maximum absolute atomic E-state index is 12.2. The van der Waals surface area contributed by atoms with Gasteiger partial charge in [-0.2, -0.15) is 4.98 Å². The van der Waals surface area contributed by atoms with E-state index in [1.54, 1.807) is 35.8 Å². The lowest BCUT2D eigenvalue weighted by Crippen LogP contribution is -2.51. The lowest BCUT2D eigenvalue weighted by molar-refractivity contribution is -0.137. The summed E-state index contributed by atoms with van der Waals surface area (Å²) < 4.78 is 30.9. The minimum absolute atomic E-state index is 0.136. The first-order valence-corrected chi connectivity index (χ1v) is 17.9. The summed E-state index contributed by atoms with van der Waals surface area (Å²) in [6.45, 7) is 20.2. The Morgan fingerprint density at radius 2 is 1.51 bits per heavy atom. The van der Waals surface area contributed by atoms with Crippen LogP contribution in [0.5, 0.6) is 5.75 Å². The lowest BCUT2D eigenvalue weighted by Gasteiger charge is -2.33. The van der Waals surface area contributed by atoms with E-state index in [0.29, 0.717) is 57.4 Å². The first kappa shape index (κ1) is 40.9. The quantitative estimate of drug-likeness (QED) is 0.345. The van der Waals surface area contributed by atoms with Gasteiger partial charge in [0.2, 0.25) is 21.9 Å². The average molecular weight is 680 g/mol. The molecule has 1 aromatic carbocycles. The van der Waals surface area contributed by atoms with Crippen LogP contribution in [0.3, 0.4) is 0 Å². The largest absolute Gasteiger partial charge is 0.480 e. The number of ether oxygens (including phenoxy) is 1. The summed E-state index contributed by atoms with van der Waals surface area (Å²) in [4.78, 5) is 48.7. The van der Waals surface area contributed by atoms with E-state index in [1.165, 1.54) is 17.4 Å². The molecule has 0 radical (unpaired) electrons. The molecule has 0 spiro atoms. The standard InChI is InChI=1S/C15H27N5O4S.C15H20N2O3.C2H6/c1-7-19(8-2)15-16-9-12(20(10(3)4)25(6,23)24)13(18-15)17-11(5)14(21)22;1-3-14(18)16-8-10-17(11-9-16)15(19)20-13-6-4-12(2)5-7-13;1-2/h9-11H,7-8H2,1-6H3,(H,21,22)(H,16,17,18);4-7H,3,8-11H2,1-2H3;1-2H3. The van der Waals surface area contributed by atoms with Gasteiger partial charge in [-0.15, -0.1) is 0 Å². The van der Waals surface area contributed by atoms with Gasteiger partial charge >= 0.3 is 12.1 Å². The molecule has 1 unspecified atom stereocenters. The van der Waals surface area contributed by atoms with Crippen molar-refractivity contribution in [2.75, 3.05) is 60.0 Å². The first-order chi connectivity index (χ1) is 22.1. The van der Waals surface area contributed by atoms with Crippen molar-refractivity contribution in [3.8, 4) is 5.75 Å². The highest BCUT2D eigenvalue weighted by molar-refractivity contribution is 7.92. The van der Waals surface area contributed by atoms with Gasteiger partial charge in [-0.25, -0.2) is 18.2 Å². The molecule has 2 aromatic rings. The number of hydrogen-bond acceptors (Lipinski definition) is 10. The first-order valence-electron chi connectivity index (χ1n) is 16.0. The lowest BCUT2D eigenvalue weighted by atomic mass is 10.2. The zero-order valence-electron chi connectivity index (χ0n) is 29.5. The summed E-state index contributed by atoms with van der Waals surface area (Å²) in [5.74, 6) is 0.200. The fourth-order valence-electron chi connectivity index (χ4n) is 4.53. The van der Waals surface area contributed by atoms with Crippen LogP contribution in [-0.2, 0) is 19.6 Å². The number of amides is 2. The maximum Gasteiger partial charge on any atom is 0.415 e. The fraction of sp³-hybridized carbons (Fsp3) is 0.594. The molecule has 2 N–H and O–H groups in total. The molecule has 1 aliphatic heterocycles. The number of piperazine rings is 1. The second-order valence-electron chi connectivity index (χ2n) is 10.8. The van der Waals surface area contributed by atoms with E-state index >= 15 is 0 Å². The predicted molar refractivity (Wildman–Crippen MR) is 186 cm³/mol. The molecule has 14 nitrogen and oxygen atoms in total. The molecule has 3 rings (SSSR count). The molecule has 1 aromatic heterocycles. The minimum Gasteiger partial charge on any atom is -0.480 e. The number of benzene rings is 1. The molecule has 1 aliphatic rings. The third-order valence-electron chi connectivity index (χ3n) is 7.01. The van der Waals surface area contributed by atoms with E-state index in [-0.39, 0.29) is 29.5 Å². The fourth-order valence-corrected chi connectivity index (χ4v) is 5.79. The Morgan fingerprint density at radius 3 is 1.96 bits per heavy atom. The summed E-state index contributed by atoms with van der Waals surface area (Å²) in [5, 5.41) is 11.9. The monoisotopic (exact) mass is 679 g/mol.